The molecule has 1 aromatic rings. The molecule has 24 heavy (non-hydrogen) atoms. The normalized spacial score (nSPS) is 26.4. The van der Waals surface area contributed by atoms with Gasteiger partial charge in [-0.1, -0.05) is 12.5 Å². The van der Waals surface area contributed by atoms with Gasteiger partial charge in [-0.3, -0.25) is 9.69 Å². The molecule has 0 N–H and O–H groups in total. The van der Waals surface area contributed by atoms with Crippen LogP contribution in [0, 0.1) is 0 Å². The van der Waals surface area contributed by atoms with Gasteiger partial charge in [0.25, 0.3) is 5.91 Å². The first kappa shape index (κ1) is 15.9. The SMILES string of the molecule is COc1cccc(C(=O)N2CC3(CC(N4CCCCC4)CO3)C2)c1. The number of methoxy groups -OCH3 is 1. The zero-order valence-corrected chi connectivity index (χ0v) is 14.4. The van der Waals surface area contributed by atoms with Crippen molar-refractivity contribution in [2.45, 2.75) is 37.3 Å². The summed E-state index contributed by atoms with van der Waals surface area (Å²) in [5.41, 5.74) is 0.589. The fourth-order valence-electron chi connectivity index (χ4n) is 4.29. The van der Waals surface area contributed by atoms with Crippen molar-refractivity contribution < 1.29 is 14.3 Å². The summed E-state index contributed by atoms with van der Waals surface area (Å²) in [5, 5.41) is 0. The summed E-state index contributed by atoms with van der Waals surface area (Å²) in [4.78, 5) is 17.1. The van der Waals surface area contributed by atoms with E-state index < -0.39 is 0 Å². The van der Waals surface area contributed by atoms with Crippen LogP contribution in [0.25, 0.3) is 0 Å². The number of carbonyl (C=O) groups excluding carboxylic acids is 1. The van der Waals surface area contributed by atoms with Gasteiger partial charge in [0.15, 0.2) is 0 Å². The zero-order chi connectivity index (χ0) is 16.6. The smallest absolute Gasteiger partial charge is 0.254 e. The Kier molecular flexibility index (Phi) is 4.22. The predicted molar refractivity (Wildman–Crippen MR) is 91.4 cm³/mol. The summed E-state index contributed by atoms with van der Waals surface area (Å²) >= 11 is 0. The van der Waals surface area contributed by atoms with Crippen LogP contribution < -0.4 is 4.74 Å². The minimum absolute atomic E-state index is 0.0737. The highest BCUT2D eigenvalue weighted by atomic mass is 16.5. The van der Waals surface area contributed by atoms with Crippen LogP contribution in [0.4, 0.5) is 0 Å². The van der Waals surface area contributed by atoms with E-state index in [0.717, 1.165) is 18.8 Å². The van der Waals surface area contributed by atoms with Crippen LogP contribution in [0.15, 0.2) is 24.3 Å². The molecule has 1 spiro atoms. The summed E-state index contributed by atoms with van der Waals surface area (Å²) in [5.74, 6) is 0.794. The Morgan fingerprint density at radius 3 is 2.79 bits per heavy atom. The molecule has 1 amide bonds. The molecule has 1 atom stereocenters. The van der Waals surface area contributed by atoms with Crippen molar-refractivity contribution in [2.24, 2.45) is 0 Å². The number of rotatable bonds is 3. The number of benzene rings is 1. The van der Waals surface area contributed by atoms with Gasteiger partial charge in [0.1, 0.15) is 11.4 Å². The summed E-state index contributed by atoms with van der Waals surface area (Å²) in [6, 6.07) is 7.92. The Balaban J connectivity index is 1.35. The molecule has 130 valence electrons. The topological polar surface area (TPSA) is 42.0 Å². The second kappa shape index (κ2) is 6.37. The van der Waals surface area contributed by atoms with E-state index in [1.165, 1.54) is 32.4 Å². The number of hydrogen-bond donors (Lipinski definition) is 0. The largest absolute Gasteiger partial charge is 0.497 e. The molecule has 0 saturated carbocycles. The number of ether oxygens (including phenoxy) is 2. The molecule has 3 heterocycles. The third-order valence-corrected chi connectivity index (χ3v) is 5.66. The molecule has 0 aromatic heterocycles. The number of likely N-dealkylation sites (tertiary alicyclic amines) is 2. The van der Waals surface area contributed by atoms with Gasteiger partial charge in [0.05, 0.1) is 26.8 Å². The van der Waals surface area contributed by atoms with Crippen molar-refractivity contribution in [1.29, 1.82) is 0 Å². The Morgan fingerprint density at radius 2 is 2.04 bits per heavy atom. The van der Waals surface area contributed by atoms with E-state index in [2.05, 4.69) is 4.90 Å². The average molecular weight is 330 g/mol. The lowest BCUT2D eigenvalue weighted by molar-refractivity contribution is -0.0950. The molecule has 4 rings (SSSR count). The van der Waals surface area contributed by atoms with Crippen LogP contribution in [0.3, 0.4) is 0 Å². The number of amides is 1. The van der Waals surface area contributed by atoms with E-state index in [4.69, 9.17) is 9.47 Å². The van der Waals surface area contributed by atoms with Crippen LogP contribution >= 0.6 is 0 Å². The van der Waals surface area contributed by atoms with Gasteiger partial charge in [-0.25, -0.2) is 0 Å². The number of hydrogen-bond acceptors (Lipinski definition) is 4. The number of carbonyl (C=O) groups is 1. The van der Waals surface area contributed by atoms with Gasteiger partial charge in [-0.2, -0.15) is 0 Å². The molecule has 3 fully saturated rings. The van der Waals surface area contributed by atoms with Crippen LogP contribution in [0.1, 0.15) is 36.0 Å². The molecule has 1 aromatic carbocycles. The maximum Gasteiger partial charge on any atom is 0.254 e. The molecular weight excluding hydrogens is 304 g/mol. The van der Waals surface area contributed by atoms with E-state index in [-0.39, 0.29) is 11.5 Å². The van der Waals surface area contributed by atoms with Crippen molar-refractivity contribution in [3.63, 3.8) is 0 Å². The van der Waals surface area contributed by atoms with Gasteiger partial charge in [0, 0.05) is 11.6 Å². The van der Waals surface area contributed by atoms with Gasteiger partial charge < -0.3 is 14.4 Å². The van der Waals surface area contributed by atoms with Gasteiger partial charge >= 0.3 is 0 Å². The monoisotopic (exact) mass is 330 g/mol. The summed E-state index contributed by atoms with van der Waals surface area (Å²) in [6.45, 7) is 4.66. The van der Waals surface area contributed by atoms with E-state index >= 15 is 0 Å². The molecule has 3 saturated heterocycles. The molecule has 5 heteroatoms. The minimum atomic E-state index is -0.101. The van der Waals surface area contributed by atoms with Gasteiger partial charge in [-0.05, 0) is 50.6 Å². The van der Waals surface area contributed by atoms with E-state index in [1.807, 2.05) is 23.1 Å². The highest BCUT2D eigenvalue weighted by molar-refractivity contribution is 5.95. The quantitative estimate of drug-likeness (QED) is 0.852. The van der Waals surface area contributed by atoms with Crippen LogP contribution in [0.2, 0.25) is 0 Å². The predicted octanol–water partition coefficient (Wildman–Crippen LogP) is 2.16. The third-order valence-electron chi connectivity index (χ3n) is 5.66. The maximum absolute atomic E-state index is 12.6. The van der Waals surface area contributed by atoms with Crippen LogP contribution in [-0.4, -0.2) is 67.2 Å². The lowest BCUT2D eigenvalue weighted by atomic mass is 9.88. The molecule has 3 aliphatic rings. The fraction of sp³-hybridized carbons (Fsp3) is 0.632. The first-order valence-electron chi connectivity index (χ1n) is 9.00. The second-order valence-corrected chi connectivity index (χ2v) is 7.34. The highest BCUT2D eigenvalue weighted by Gasteiger charge is 2.52. The van der Waals surface area contributed by atoms with Crippen molar-refractivity contribution in [3.8, 4) is 5.75 Å². The van der Waals surface area contributed by atoms with Crippen LogP contribution in [-0.2, 0) is 4.74 Å². The van der Waals surface area contributed by atoms with Crippen molar-refractivity contribution in [2.75, 3.05) is 39.9 Å². The molecule has 3 aliphatic heterocycles. The lowest BCUT2D eigenvalue weighted by Gasteiger charge is -2.47. The van der Waals surface area contributed by atoms with Crippen molar-refractivity contribution >= 4 is 5.91 Å². The summed E-state index contributed by atoms with van der Waals surface area (Å²) in [6.07, 6.45) is 5.04. The number of nitrogens with zero attached hydrogens (tertiary/aromatic N) is 2. The second-order valence-electron chi connectivity index (χ2n) is 7.34. The van der Waals surface area contributed by atoms with Crippen LogP contribution in [0.5, 0.6) is 5.75 Å². The van der Waals surface area contributed by atoms with E-state index in [1.54, 1.807) is 13.2 Å². The maximum atomic E-state index is 12.6. The molecule has 0 bridgehead atoms. The molecule has 1 unspecified atom stereocenters. The summed E-state index contributed by atoms with van der Waals surface area (Å²) in [7, 11) is 1.62. The first-order valence-corrected chi connectivity index (χ1v) is 9.00. The highest BCUT2D eigenvalue weighted by Crippen LogP contribution is 2.38. The standard InChI is InChI=1S/C19H26N2O3/c1-23-17-7-5-6-15(10-17)18(22)21-13-19(14-21)11-16(12-24-19)20-8-3-2-4-9-20/h5-7,10,16H,2-4,8-9,11-14H2,1H3. The first-order chi connectivity index (χ1) is 11.7. The Hall–Kier alpha value is -1.59. The number of piperidine rings is 1. The van der Waals surface area contributed by atoms with Crippen molar-refractivity contribution in [1.82, 2.24) is 9.80 Å². The summed E-state index contributed by atoms with van der Waals surface area (Å²) < 4.78 is 11.4. The van der Waals surface area contributed by atoms with Gasteiger partial charge in [-0.15, -0.1) is 0 Å². The Labute approximate surface area is 143 Å². The Morgan fingerprint density at radius 1 is 1.25 bits per heavy atom. The third kappa shape index (κ3) is 2.91. The Bertz CT molecular complexity index is 606. The molecular formula is C19H26N2O3. The molecule has 5 nitrogen and oxygen atoms in total. The van der Waals surface area contributed by atoms with E-state index in [0.29, 0.717) is 24.7 Å². The molecule has 0 radical (unpaired) electrons. The minimum Gasteiger partial charge on any atom is -0.497 e. The van der Waals surface area contributed by atoms with E-state index in [9.17, 15) is 4.79 Å². The van der Waals surface area contributed by atoms with Gasteiger partial charge in [0.2, 0.25) is 0 Å². The lowest BCUT2D eigenvalue weighted by Crippen LogP contribution is -2.63. The average Bonchev–Trinajstić information content (AvgIpc) is 3.06. The zero-order valence-electron chi connectivity index (χ0n) is 14.4. The fourth-order valence-corrected chi connectivity index (χ4v) is 4.29. The van der Waals surface area contributed by atoms with Crippen molar-refractivity contribution in [3.05, 3.63) is 29.8 Å². The molecule has 0 aliphatic carbocycles.